The largest absolute Gasteiger partial charge is 0.481 e. The number of carbonyl (C=O) groups excluding carboxylic acids is 1. The first-order valence-corrected chi connectivity index (χ1v) is 21.3. The van der Waals surface area contributed by atoms with E-state index in [0.29, 0.717) is 12.3 Å². The van der Waals surface area contributed by atoms with E-state index in [1.807, 2.05) is 27.7 Å². The van der Waals surface area contributed by atoms with Gasteiger partial charge >= 0.3 is 11.9 Å². The van der Waals surface area contributed by atoms with Gasteiger partial charge in [-0.1, -0.05) is 82.1 Å². The molecule has 14 atom stereocenters. The van der Waals surface area contributed by atoms with Crippen LogP contribution in [0.3, 0.4) is 0 Å². The summed E-state index contributed by atoms with van der Waals surface area (Å²) in [4.78, 5) is 31.5. The van der Waals surface area contributed by atoms with Crippen LogP contribution in [-0.4, -0.2) is 71.5 Å². The Labute approximate surface area is 364 Å². The second-order valence-electron chi connectivity index (χ2n) is 17.2. The van der Waals surface area contributed by atoms with Gasteiger partial charge in [-0.05, 0) is 119 Å². The molecule has 2 fully saturated rings. The zero-order valence-corrected chi connectivity index (χ0v) is 41.0. The number of carbonyl (C=O) groups is 2. The van der Waals surface area contributed by atoms with Crippen LogP contribution in [0.4, 0.5) is 0 Å². The molecule has 0 bridgehead atoms. The minimum atomic E-state index is -0.674. The molecule has 0 aromatic rings. The van der Waals surface area contributed by atoms with E-state index in [2.05, 4.69) is 68.5 Å². The summed E-state index contributed by atoms with van der Waals surface area (Å²) in [6.45, 7) is 31.5. The molecular formula is C46H86NO7Y-. The van der Waals surface area contributed by atoms with Crippen molar-refractivity contribution in [2.45, 2.75) is 183 Å². The molecule has 0 amide bonds. The fourth-order valence-corrected chi connectivity index (χ4v) is 10.3. The fourth-order valence-electron chi connectivity index (χ4n) is 10.3. The molecule has 3 aliphatic rings. The van der Waals surface area contributed by atoms with Crippen molar-refractivity contribution in [1.29, 1.82) is 0 Å². The molecule has 0 spiro atoms. The summed E-state index contributed by atoms with van der Waals surface area (Å²) in [6.07, 6.45) is 9.00. The van der Waals surface area contributed by atoms with Gasteiger partial charge in [-0.2, -0.15) is 0 Å². The van der Waals surface area contributed by atoms with Gasteiger partial charge in [0, 0.05) is 52.6 Å². The van der Waals surface area contributed by atoms with Gasteiger partial charge in [0.05, 0.1) is 35.2 Å². The third kappa shape index (κ3) is 14.5. The number of aliphatic hydroxyl groups is 1. The second kappa shape index (κ2) is 26.4. The summed E-state index contributed by atoms with van der Waals surface area (Å²) >= 11 is 0. The number of methoxy groups -OCH3 is 2. The first-order valence-electron chi connectivity index (χ1n) is 21.3. The van der Waals surface area contributed by atoms with Gasteiger partial charge in [-0.15, -0.1) is 13.2 Å². The summed E-state index contributed by atoms with van der Waals surface area (Å²) < 4.78 is 18.4. The van der Waals surface area contributed by atoms with Gasteiger partial charge in [-0.25, -0.2) is 0 Å². The molecule has 9 heteroatoms. The SMILES string of the molecule is C=C.CC.CCC(CC)OC(=O)[C@H](C)[C@@H](C[C@@H]1CC(C)[C@H](O)[C@](C)(OC)C1)[C@H](C)[C@@H](C)[C@@](C)(C[C@@H](C)C1=NC2CCCC[C@@H]2C(C(=O)O)CC1C)OC.[CH3-].[Y]. The van der Waals surface area contributed by atoms with Crippen LogP contribution >= 0.6 is 0 Å². The average Bonchev–Trinajstić information content (AvgIpc) is 3.31. The standard InChI is InChI=1S/C41H73NO7.C2H6.C2H4.CH3.Y/c1-13-31(14-2)49-39(46)28(7)33(21-30-19-25(4)37(43)41(10,23-30)48-12)27(6)29(8)40(9,47-11)22-26(5)36-24(3)20-34(38(44)45)32-17-15-16-18-35(32)42-36;2*1-2;;/h24-35,37,43H,13-23H2,1-12H3,(H,44,45);1-2H3;1-2H2;1H3;/q;;;-1;/t24?,25?,26-,27-,28-,29-,30+,32-,33+,34?,35?,37+,40-,41-;;;;/m1..../s1. The molecule has 1 aliphatic heterocycles. The number of hydrogen-bond acceptors (Lipinski definition) is 7. The maximum atomic E-state index is 13.8. The molecule has 2 aliphatic carbocycles. The number of carboxylic acid groups (broad SMARTS) is 1. The third-order valence-corrected chi connectivity index (χ3v) is 14.0. The van der Waals surface area contributed by atoms with Crippen molar-refractivity contribution in [2.75, 3.05) is 14.2 Å². The van der Waals surface area contributed by atoms with Crippen molar-refractivity contribution in [3.05, 3.63) is 20.6 Å². The van der Waals surface area contributed by atoms with Crippen molar-refractivity contribution in [1.82, 2.24) is 0 Å². The molecule has 2 N–H and O–H groups in total. The molecule has 0 saturated heterocycles. The van der Waals surface area contributed by atoms with E-state index in [4.69, 9.17) is 19.2 Å². The van der Waals surface area contributed by atoms with E-state index in [-0.39, 0.29) is 112 Å². The summed E-state index contributed by atoms with van der Waals surface area (Å²) in [5.74, 6) is -0.415. The Balaban J connectivity index is 0. The molecule has 1 radical (unpaired) electrons. The predicted molar refractivity (Wildman–Crippen MR) is 226 cm³/mol. The number of aliphatic carboxylic acids is 1. The summed E-state index contributed by atoms with van der Waals surface area (Å²) in [7, 11) is 3.50. The molecule has 3 rings (SSSR count). The number of aliphatic hydroxyl groups excluding tert-OH is 1. The zero-order chi connectivity index (χ0) is 40.8. The number of esters is 1. The number of rotatable bonds is 16. The van der Waals surface area contributed by atoms with E-state index < -0.39 is 23.3 Å². The monoisotopic (exact) mass is 854 g/mol. The molecule has 8 nitrogen and oxygen atoms in total. The number of hydrogen-bond donors (Lipinski definition) is 2. The molecule has 55 heavy (non-hydrogen) atoms. The first-order chi connectivity index (χ1) is 25.0. The van der Waals surface area contributed by atoms with E-state index in [1.165, 1.54) is 0 Å². The van der Waals surface area contributed by atoms with E-state index >= 15 is 0 Å². The second-order valence-corrected chi connectivity index (χ2v) is 17.2. The molecule has 1 heterocycles. The number of nitrogens with zero attached hydrogens (tertiary/aromatic N) is 1. The van der Waals surface area contributed by atoms with Crippen LogP contribution in [0.15, 0.2) is 18.2 Å². The van der Waals surface area contributed by atoms with Crippen LogP contribution in [0.5, 0.6) is 0 Å². The Kier molecular flexibility index (Phi) is 27.1. The minimum absolute atomic E-state index is 0. The third-order valence-electron chi connectivity index (χ3n) is 14.0. The van der Waals surface area contributed by atoms with Gasteiger partial charge in [-0.3, -0.25) is 14.6 Å². The van der Waals surface area contributed by atoms with Crippen LogP contribution in [0.25, 0.3) is 0 Å². The molecule has 321 valence electrons. The Hall–Kier alpha value is -0.666. The summed E-state index contributed by atoms with van der Waals surface area (Å²) in [5, 5.41) is 21.2. The Morgan fingerprint density at radius 2 is 1.58 bits per heavy atom. The van der Waals surface area contributed by atoms with Crippen LogP contribution in [-0.2, 0) is 56.5 Å². The van der Waals surface area contributed by atoms with E-state index in [9.17, 15) is 19.8 Å². The van der Waals surface area contributed by atoms with Crippen molar-refractivity contribution in [2.24, 2.45) is 64.2 Å². The molecular weight excluding hydrogens is 767 g/mol. The van der Waals surface area contributed by atoms with Crippen molar-refractivity contribution in [3.8, 4) is 0 Å². The smallest absolute Gasteiger partial charge is 0.309 e. The number of aliphatic imine (C=N–C) groups is 1. The van der Waals surface area contributed by atoms with Gasteiger partial charge in [0.2, 0.25) is 0 Å². The van der Waals surface area contributed by atoms with Crippen molar-refractivity contribution < 1.29 is 66.7 Å². The topological polar surface area (TPSA) is 115 Å². The minimum Gasteiger partial charge on any atom is -0.481 e. The molecule has 0 aromatic carbocycles. The average molecular weight is 854 g/mol. The van der Waals surface area contributed by atoms with Gasteiger partial charge in [0.15, 0.2) is 0 Å². The summed E-state index contributed by atoms with van der Waals surface area (Å²) in [5.41, 5.74) is 0.0286. The predicted octanol–water partition coefficient (Wildman–Crippen LogP) is 10.9. The molecule has 0 aromatic heterocycles. The van der Waals surface area contributed by atoms with Gasteiger partial charge in [0.1, 0.15) is 6.10 Å². The van der Waals surface area contributed by atoms with Crippen molar-refractivity contribution >= 4 is 17.7 Å². The fraction of sp³-hybridized carbons (Fsp3) is 0.870. The Morgan fingerprint density at radius 1 is 1.02 bits per heavy atom. The maximum absolute atomic E-state index is 13.8. The quantitative estimate of drug-likeness (QED) is 0.0903. The Bertz CT molecular complexity index is 1130. The zero-order valence-electron chi connectivity index (χ0n) is 38.2. The first kappa shape index (κ1) is 56.4. The molecule has 4 unspecified atom stereocenters. The van der Waals surface area contributed by atoms with Crippen LogP contribution in [0.2, 0.25) is 0 Å². The Morgan fingerprint density at radius 3 is 2.09 bits per heavy atom. The van der Waals surface area contributed by atoms with Gasteiger partial charge < -0.3 is 31.9 Å². The van der Waals surface area contributed by atoms with Crippen LogP contribution in [0.1, 0.15) is 154 Å². The summed E-state index contributed by atoms with van der Waals surface area (Å²) in [6, 6.07) is 0.0860. The van der Waals surface area contributed by atoms with Crippen molar-refractivity contribution in [3.63, 3.8) is 0 Å². The van der Waals surface area contributed by atoms with Gasteiger partial charge in [0.25, 0.3) is 0 Å². The normalized spacial score (nSPS) is 31.5. The number of fused-ring (bicyclic) bond motifs is 1. The van der Waals surface area contributed by atoms with Crippen LogP contribution in [0, 0.1) is 66.6 Å². The van der Waals surface area contributed by atoms with Crippen LogP contribution < -0.4 is 0 Å². The van der Waals surface area contributed by atoms with E-state index in [0.717, 1.165) is 69.9 Å². The maximum Gasteiger partial charge on any atom is 0.309 e. The number of carboxylic acids is 1. The van der Waals surface area contributed by atoms with E-state index in [1.54, 1.807) is 14.2 Å². The molecule has 2 saturated carbocycles. The number of ether oxygens (including phenoxy) is 3.